The highest BCUT2D eigenvalue weighted by molar-refractivity contribution is 5.99. The van der Waals surface area contributed by atoms with Crippen LogP contribution in [0.2, 0.25) is 0 Å². The van der Waals surface area contributed by atoms with Gasteiger partial charge in [0.25, 0.3) is 5.69 Å². The third kappa shape index (κ3) is 1.63. The molecule has 0 aliphatic carbocycles. The minimum Gasteiger partial charge on any atom is -0.506 e. The number of ketones is 1. The molecule has 0 unspecified atom stereocenters. The minimum atomic E-state index is -0.716. The van der Waals surface area contributed by atoms with Crippen LogP contribution in [0.4, 0.5) is 11.4 Å². The first-order chi connectivity index (χ1) is 6.43. The summed E-state index contributed by atoms with van der Waals surface area (Å²) in [5.41, 5.74) is 4.59. The number of phenols is 1. The zero-order valence-corrected chi connectivity index (χ0v) is 7.35. The van der Waals surface area contributed by atoms with Gasteiger partial charge in [0.15, 0.2) is 5.78 Å². The van der Waals surface area contributed by atoms with Crippen LogP contribution in [0.5, 0.6) is 5.75 Å². The van der Waals surface area contributed by atoms with E-state index >= 15 is 0 Å². The Morgan fingerprint density at radius 2 is 2.14 bits per heavy atom. The van der Waals surface area contributed by atoms with Crippen LogP contribution in [0.3, 0.4) is 0 Å². The first kappa shape index (κ1) is 9.97. The second kappa shape index (κ2) is 3.33. The van der Waals surface area contributed by atoms with Crippen LogP contribution in [-0.4, -0.2) is 15.8 Å². The first-order valence-corrected chi connectivity index (χ1v) is 3.71. The van der Waals surface area contributed by atoms with Crippen LogP contribution >= 0.6 is 0 Å². The molecule has 0 aliphatic rings. The number of nitro benzene ring substituents is 1. The molecule has 1 rings (SSSR count). The van der Waals surface area contributed by atoms with Gasteiger partial charge < -0.3 is 10.8 Å². The number of carbonyl (C=O) groups excluding carboxylic acids is 1. The summed E-state index contributed by atoms with van der Waals surface area (Å²) >= 11 is 0. The average Bonchev–Trinajstić information content (AvgIpc) is 2.08. The lowest BCUT2D eigenvalue weighted by molar-refractivity contribution is -0.385. The Morgan fingerprint density at radius 3 is 2.57 bits per heavy atom. The number of nitrogens with zero attached hydrogens (tertiary/aromatic N) is 1. The van der Waals surface area contributed by atoms with E-state index in [0.29, 0.717) is 0 Å². The van der Waals surface area contributed by atoms with E-state index in [1.165, 1.54) is 6.92 Å². The van der Waals surface area contributed by atoms with E-state index in [4.69, 9.17) is 10.8 Å². The molecule has 3 N–H and O–H groups in total. The Hall–Kier alpha value is -2.11. The van der Waals surface area contributed by atoms with Crippen LogP contribution in [-0.2, 0) is 0 Å². The number of nitro groups is 1. The zero-order chi connectivity index (χ0) is 10.9. The fourth-order valence-corrected chi connectivity index (χ4v) is 1.03. The van der Waals surface area contributed by atoms with E-state index in [9.17, 15) is 14.9 Å². The molecule has 6 heteroatoms. The molecule has 14 heavy (non-hydrogen) atoms. The number of phenolic OH excluding ortho intramolecular Hbond substituents is 1. The molecule has 0 heterocycles. The Labute approximate surface area is 79.1 Å². The van der Waals surface area contributed by atoms with Gasteiger partial charge in [-0.25, -0.2) is 0 Å². The predicted molar refractivity (Wildman–Crippen MR) is 49.2 cm³/mol. The van der Waals surface area contributed by atoms with Crippen LogP contribution < -0.4 is 5.73 Å². The van der Waals surface area contributed by atoms with Gasteiger partial charge in [-0.15, -0.1) is 0 Å². The topological polar surface area (TPSA) is 106 Å². The van der Waals surface area contributed by atoms with Crippen molar-refractivity contribution < 1.29 is 14.8 Å². The molecule has 0 saturated carbocycles. The Balaban J connectivity index is 3.46. The van der Waals surface area contributed by atoms with Gasteiger partial charge in [-0.3, -0.25) is 14.9 Å². The van der Waals surface area contributed by atoms with Crippen molar-refractivity contribution >= 4 is 17.2 Å². The van der Waals surface area contributed by atoms with E-state index in [1.807, 2.05) is 0 Å². The summed E-state index contributed by atoms with van der Waals surface area (Å²) in [5.74, 6) is -0.826. The van der Waals surface area contributed by atoms with Gasteiger partial charge in [0.05, 0.1) is 16.2 Å². The Kier molecular flexibility index (Phi) is 2.37. The molecule has 0 radical (unpaired) electrons. The fraction of sp³-hybridized carbons (Fsp3) is 0.125. The molecule has 1 aromatic rings. The summed E-state index contributed by atoms with van der Waals surface area (Å²) in [7, 11) is 0. The molecule has 0 aromatic heterocycles. The van der Waals surface area contributed by atoms with Gasteiger partial charge in [0, 0.05) is 6.07 Å². The monoisotopic (exact) mass is 196 g/mol. The highest BCUT2D eigenvalue weighted by atomic mass is 16.6. The summed E-state index contributed by atoms with van der Waals surface area (Å²) in [4.78, 5) is 20.8. The van der Waals surface area contributed by atoms with Crippen molar-refractivity contribution in [2.45, 2.75) is 6.92 Å². The van der Waals surface area contributed by atoms with E-state index in [0.717, 1.165) is 12.1 Å². The predicted octanol–water partition coefficient (Wildman–Crippen LogP) is 1.09. The third-order valence-corrected chi connectivity index (χ3v) is 1.72. The minimum absolute atomic E-state index is 0.123. The van der Waals surface area contributed by atoms with Gasteiger partial charge in [-0.2, -0.15) is 0 Å². The summed E-state index contributed by atoms with van der Waals surface area (Å²) in [6.45, 7) is 1.18. The van der Waals surface area contributed by atoms with E-state index in [1.54, 1.807) is 0 Å². The molecule has 0 amide bonds. The average molecular weight is 196 g/mol. The molecule has 0 aliphatic heterocycles. The number of benzene rings is 1. The number of nitrogen functional groups attached to an aromatic ring is 1. The molecule has 0 saturated heterocycles. The number of Topliss-reactive ketones (excluding diaryl/α,β-unsaturated/α-hetero) is 1. The van der Waals surface area contributed by atoms with Crippen LogP contribution in [0.1, 0.15) is 17.3 Å². The number of anilines is 1. The van der Waals surface area contributed by atoms with Crippen LogP contribution in [0, 0.1) is 10.1 Å². The highest BCUT2D eigenvalue weighted by Gasteiger charge is 2.19. The molecular formula is C8H8N2O4. The molecule has 74 valence electrons. The standard InChI is InChI=1S/C8H8N2O4/c1-4(11)5-2-8(12)6(9)3-7(5)10(13)14/h2-3,12H,9H2,1H3. The van der Waals surface area contributed by atoms with Crippen molar-refractivity contribution in [2.75, 3.05) is 5.73 Å². The lowest BCUT2D eigenvalue weighted by Gasteiger charge is -2.02. The van der Waals surface area contributed by atoms with Gasteiger partial charge in [0.1, 0.15) is 5.75 Å². The van der Waals surface area contributed by atoms with Crippen molar-refractivity contribution in [3.05, 3.63) is 27.8 Å². The van der Waals surface area contributed by atoms with E-state index in [2.05, 4.69) is 0 Å². The number of hydrogen-bond donors (Lipinski definition) is 2. The summed E-state index contributed by atoms with van der Waals surface area (Å²) < 4.78 is 0. The lowest BCUT2D eigenvalue weighted by atomic mass is 10.1. The van der Waals surface area contributed by atoms with Gasteiger partial charge >= 0.3 is 0 Å². The third-order valence-electron chi connectivity index (χ3n) is 1.72. The molecule has 6 nitrogen and oxygen atoms in total. The van der Waals surface area contributed by atoms with Crippen molar-refractivity contribution in [1.82, 2.24) is 0 Å². The molecule has 0 atom stereocenters. The van der Waals surface area contributed by atoms with Crippen molar-refractivity contribution in [3.63, 3.8) is 0 Å². The number of aromatic hydroxyl groups is 1. The fourth-order valence-electron chi connectivity index (χ4n) is 1.03. The van der Waals surface area contributed by atoms with Crippen molar-refractivity contribution in [3.8, 4) is 5.75 Å². The number of rotatable bonds is 2. The maximum atomic E-state index is 11.0. The quantitative estimate of drug-likeness (QED) is 0.242. The van der Waals surface area contributed by atoms with Gasteiger partial charge in [0.2, 0.25) is 0 Å². The Morgan fingerprint density at radius 1 is 1.57 bits per heavy atom. The first-order valence-electron chi connectivity index (χ1n) is 3.71. The smallest absolute Gasteiger partial charge is 0.282 e. The Bertz CT molecular complexity index is 375. The molecule has 0 spiro atoms. The van der Waals surface area contributed by atoms with E-state index in [-0.39, 0.29) is 17.0 Å². The maximum absolute atomic E-state index is 11.0. The van der Waals surface area contributed by atoms with Crippen LogP contribution in [0.25, 0.3) is 0 Å². The largest absolute Gasteiger partial charge is 0.506 e. The van der Waals surface area contributed by atoms with Crippen LogP contribution in [0.15, 0.2) is 12.1 Å². The highest BCUT2D eigenvalue weighted by Crippen LogP contribution is 2.29. The SMILES string of the molecule is CC(=O)c1cc(O)c(N)cc1[N+](=O)[O-]. The second-order valence-electron chi connectivity index (χ2n) is 2.74. The second-order valence-corrected chi connectivity index (χ2v) is 2.74. The maximum Gasteiger partial charge on any atom is 0.282 e. The lowest BCUT2D eigenvalue weighted by Crippen LogP contribution is -2.01. The summed E-state index contributed by atoms with van der Waals surface area (Å²) in [6, 6.07) is 1.96. The van der Waals surface area contributed by atoms with Gasteiger partial charge in [-0.05, 0) is 13.0 Å². The van der Waals surface area contributed by atoms with E-state index < -0.39 is 16.4 Å². The normalized spacial score (nSPS) is 9.79. The number of nitrogens with two attached hydrogens (primary N) is 1. The summed E-state index contributed by atoms with van der Waals surface area (Å²) in [5, 5.41) is 19.7. The van der Waals surface area contributed by atoms with Gasteiger partial charge in [-0.1, -0.05) is 0 Å². The molecule has 0 bridgehead atoms. The number of carbonyl (C=O) groups is 1. The summed E-state index contributed by atoms with van der Waals surface area (Å²) in [6.07, 6.45) is 0. The van der Waals surface area contributed by atoms with Crippen molar-refractivity contribution in [1.29, 1.82) is 0 Å². The molecule has 1 aromatic carbocycles. The zero-order valence-electron chi connectivity index (χ0n) is 7.35. The number of hydrogen-bond acceptors (Lipinski definition) is 5. The van der Waals surface area contributed by atoms with Crippen molar-refractivity contribution in [2.24, 2.45) is 0 Å². The molecular weight excluding hydrogens is 188 g/mol. The molecule has 0 fully saturated rings.